The number of nitrogens with zero attached hydrogens (tertiary/aromatic N) is 1. The molecule has 0 saturated carbocycles. The SMILES string of the molecule is Nc1nc2sc3c(c2c(=O)s1)CCC3. The smallest absolute Gasteiger partial charge is 0.246 e. The van der Waals surface area contributed by atoms with Crippen LogP contribution in [-0.2, 0) is 12.8 Å². The molecule has 3 nitrogen and oxygen atoms in total. The molecule has 0 saturated heterocycles. The Balaban J connectivity index is 2.50. The number of hydrogen-bond donors (Lipinski definition) is 1. The van der Waals surface area contributed by atoms with E-state index >= 15 is 0 Å². The van der Waals surface area contributed by atoms with Crippen molar-refractivity contribution in [3.8, 4) is 0 Å². The summed E-state index contributed by atoms with van der Waals surface area (Å²) in [7, 11) is 0. The molecule has 5 heteroatoms. The summed E-state index contributed by atoms with van der Waals surface area (Å²) in [5, 5.41) is 1.21. The van der Waals surface area contributed by atoms with Crippen molar-refractivity contribution in [3.05, 3.63) is 20.0 Å². The third kappa shape index (κ3) is 1.02. The summed E-state index contributed by atoms with van der Waals surface area (Å²) >= 11 is 2.68. The van der Waals surface area contributed by atoms with Crippen molar-refractivity contribution in [2.45, 2.75) is 19.3 Å². The fourth-order valence-electron chi connectivity index (χ4n) is 1.95. The van der Waals surface area contributed by atoms with E-state index in [0.29, 0.717) is 5.13 Å². The van der Waals surface area contributed by atoms with Gasteiger partial charge in [-0.25, -0.2) is 4.98 Å². The number of nitrogen functional groups attached to an aromatic ring is 1. The number of fused-ring (bicyclic) bond motifs is 3. The minimum absolute atomic E-state index is 0.0758. The van der Waals surface area contributed by atoms with Gasteiger partial charge in [0.1, 0.15) is 4.83 Å². The maximum Gasteiger partial charge on any atom is 0.246 e. The molecule has 72 valence electrons. The molecule has 14 heavy (non-hydrogen) atoms. The number of anilines is 1. The average Bonchev–Trinajstić information content (AvgIpc) is 2.60. The summed E-state index contributed by atoms with van der Waals surface area (Å²) in [4.78, 5) is 18.1. The van der Waals surface area contributed by atoms with E-state index in [1.54, 1.807) is 11.3 Å². The van der Waals surface area contributed by atoms with Crippen molar-refractivity contribution < 1.29 is 0 Å². The van der Waals surface area contributed by atoms with Crippen molar-refractivity contribution in [1.29, 1.82) is 0 Å². The van der Waals surface area contributed by atoms with Crippen LogP contribution in [-0.4, -0.2) is 4.98 Å². The number of thiophene rings is 1. The average molecular weight is 224 g/mol. The van der Waals surface area contributed by atoms with Crippen LogP contribution < -0.4 is 10.5 Å². The van der Waals surface area contributed by atoms with Crippen molar-refractivity contribution in [2.24, 2.45) is 0 Å². The number of aromatic nitrogens is 1. The fourth-order valence-corrected chi connectivity index (χ4v) is 3.99. The lowest BCUT2D eigenvalue weighted by molar-refractivity contribution is 0.917. The van der Waals surface area contributed by atoms with Crippen LogP contribution in [0.15, 0.2) is 4.79 Å². The van der Waals surface area contributed by atoms with Crippen LogP contribution >= 0.6 is 22.7 Å². The second-order valence-corrected chi connectivity index (χ2v) is 5.45. The van der Waals surface area contributed by atoms with Gasteiger partial charge >= 0.3 is 0 Å². The van der Waals surface area contributed by atoms with Crippen LogP contribution in [0.25, 0.3) is 10.2 Å². The normalized spacial score (nSPS) is 14.9. The number of hydrogen-bond acceptors (Lipinski definition) is 5. The van der Waals surface area contributed by atoms with Crippen LogP contribution in [0, 0.1) is 0 Å². The minimum Gasteiger partial charge on any atom is -0.375 e. The summed E-state index contributed by atoms with van der Waals surface area (Å²) in [5.41, 5.74) is 6.79. The summed E-state index contributed by atoms with van der Waals surface area (Å²) in [5.74, 6) is 0. The Morgan fingerprint density at radius 2 is 2.14 bits per heavy atom. The van der Waals surface area contributed by atoms with Crippen LogP contribution in [0.4, 0.5) is 5.13 Å². The Bertz CT molecular complexity index is 570. The molecule has 0 aromatic carbocycles. The maximum atomic E-state index is 11.7. The fraction of sp³-hybridized carbons (Fsp3) is 0.333. The summed E-state index contributed by atoms with van der Waals surface area (Å²) in [6.45, 7) is 0. The third-order valence-corrected chi connectivity index (χ3v) is 4.39. The highest BCUT2D eigenvalue weighted by Gasteiger charge is 2.20. The number of nitrogens with two attached hydrogens (primary N) is 1. The molecule has 0 aliphatic heterocycles. The maximum absolute atomic E-state index is 11.7. The van der Waals surface area contributed by atoms with Gasteiger partial charge in [0.2, 0.25) is 4.74 Å². The van der Waals surface area contributed by atoms with Gasteiger partial charge < -0.3 is 5.73 Å². The molecule has 2 heterocycles. The van der Waals surface area contributed by atoms with Crippen LogP contribution in [0.1, 0.15) is 16.9 Å². The van der Waals surface area contributed by atoms with E-state index in [1.165, 1.54) is 16.9 Å². The van der Waals surface area contributed by atoms with E-state index in [2.05, 4.69) is 4.98 Å². The third-order valence-electron chi connectivity index (χ3n) is 2.52. The lowest BCUT2D eigenvalue weighted by Crippen LogP contribution is -2.00. The quantitative estimate of drug-likeness (QED) is 0.742. The Kier molecular flexibility index (Phi) is 1.66. The van der Waals surface area contributed by atoms with Gasteiger partial charge in [0.15, 0.2) is 5.13 Å². The summed E-state index contributed by atoms with van der Waals surface area (Å²) < 4.78 is 0.0758. The molecule has 0 fully saturated rings. The molecule has 0 atom stereocenters. The first-order chi connectivity index (χ1) is 6.75. The van der Waals surface area contributed by atoms with E-state index in [-0.39, 0.29) is 4.74 Å². The first-order valence-electron chi connectivity index (χ1n) is 4.46. The molecule has 2 N–H and O–H groups in total. The Morgan fingerprint density at radius 1 is 1.29 bits per heavy atom. The van der Waals surface area contributed by atoms with Gasteiger partial charge in [-0.3, -0.25) is 4.79 Å². The van der Waals surface area contributed by atoms with Gasteiger partial charge in [-0.05, 0) is 24.8 Å². The van der Waals surface area contributed by atoms with Gasteiger partial charge in [-0.15, -0.1) is 11.3 Å². The standard InChI is InChI=1S/C9H8N2OS2/c10-9-11-7-6(8(12)14-9)4-2-1-3-5(4)13-7/h1-3H2,(H2,10,11). The van der Waals surface area contributed by atoms with Gasteiger partial charge in [0, 0.05) is 4.88 Å². The van der Waals surface area contributed by atoms with Crippen molar-refractivity contribution in [2.75, 3.05) is 5.73 Å². The molecule has 2 aromatic rings. The van der Waals surface area contributed by atoms with Crippen LogP contribution in [0.5, 0.6) is 0 Å². The predicted molar refractivity (Wildman–Crippen MR) is 60.2 cm³/mol. The lowest BCUT2D eigenvalue weighted by Gasteiger charge is -1.92. The molecular formula is C9H8N2OS2. The molecule has 3 rings (SSSR count). The molecule has 0 spiro atoms. The van der Waals surface area contributed by atoms with Gasteiger partial charge in [0.25, 0.3) is 0 Å². The molecule has 1 aliphatic rings. The van der Waals surface area contributed by atoms with Crippen LogP contribution in [0.3, 0.4) is 0 Å². The van der Waals surface area contributed by atoms with E-state index in [1.807, 2.05) is 0 Å². The Labute approximate surface area is 88.2 Å². The Morgan fingerprint density at radius 3 is 3.00 bits per heavy atom. The minimum atomic E-state index is 0.0758. The van der Waals surface area contributed by atoms with Gasteiger partial charge in [-0.2, -0.15) is 0 Å². The van der Waals surface area contributed by atoms with Crippen LogP contribution in [0.2, 0.25) is 0 Å². The molecule has 2 aromatic heterocycles. The zero-order valence-electron chi connectivity index (χ0n) is 7.37. The van der Waals surface area contributed by atoms with Crippen molar-refractivity contribution in [1.82, 2.24) is 4.98 Å². The molecule has 0 radical (unpaired) electrons. The van der Waals surface area contributed by atoms with E-state index < -0.39 is 0 Å². The highest BCUT2D eigenvalue weighted by molar-refractivity contribution is 7.20. The highest BCUT2D eigenvalue weighted by Crippen LogP contribution is 2.35. The second-order valence-electron chi connectivity index (χ2n) is 3.38. The molecule has 0 amide bonds. The first kappa shape index (κ1) is 8.38. The molecule has 0 unspecified atom stereocenters. The van der Waals surface area contributed by atoms with E-state index in [9.17, 15) is 4.79 Å². The molecular weight excluding hydrogens is 216 g/mol. The second kappa shape index (κ2) is 2.77. The zero-order chi connectivity index (χ0) is 9.71. The first-order valence-corrected chi connectivity index (χ1v) is 6.10. The monoisotopic (exact) mass is 224 g/mol. The number of aryl methyl sites for hydroxylation is 2. The molecule has 1 aliphatic carbocycles. The molecule has 0 bridgehead atoms. The lowest BCUT2D eigenvalue weighted by atomic mass is 10.2. The van der Waals surface area contributed by atoms with Gasteiger partial charge in [0.05, 0.1) is 5.39 Å². The summed E-state index contributed by atoms with van der Waals surface area (Å²) in [6.07, 6.45) is 3.30. The van der Waals surface area contributed by atoms with Gasteiger partial charge in [-0.1, -0.05) is 11.3 Å². The largest absolute Gasteiger partial charge is 0.375 e. The summed E-state index contributed by atoms with van der Waals surface area (Å²) in [6, 6.07) is 0. The predicted octanol–water partition coefficient (Wildman–Crippen LogP) is 1.79. The van der Waals surface area contributed by atoms with E-state index in [0.717, 1.165) is 34.4 Å². The number of rotatable bonds is 0. The highest BCUT2D eigenvalue weighted by atomic mass is 32.1. The topological polar surface area (TPSA) is 56.0 Å². The Hall–Kier alpha value is -0.940. The van der Waals surface area contributed by atoms with E-state index in [4.69, 9.17) is 5.73 Å². The van der Waals surface area contributed by atoms with Crippen molar-refractivity contribution in [3.63, 3.8) is 0 Å². The zero-order valence-corrected chi connectivity index (χ0v) is 9.00. The van der Waals surface area contributed by atoms with Crippen molar-refractivity contribution >= 4 is 38.0 Å².